The van der Waals surface area contributed by atoms with E-state index in [1.807, 2.05) is 12.1 Å². The lowest BCUT2D eigenvalue weighted by molar-refractivity contribution is -0.117. The Kier molecular flexibility index (Phi) is 3.91. The molecule has 0 radical (unpaired) electrons. The van der Waals surface area contributed by atoms with Gasteiger partial charge in [-0.15, -0.1) is 0 Å². The average molecular weight is 248 g/mol. The number of amides is 1. The Balaban J connectivity index is 2.01. The topological polar surface area (TPSA) is 93.0 Å². The number of fused-ring (bicyclic) bond motifs is 1. The van der Waals surface area contributed by atoms with Crippen molar-refractivity contribution in [1.82, 2.24) is 10.2 Å². The van der Waals surface area contributed by atoms with Gasteiger partial charge in [0, 0.05) is 24.8 Å². The van der Waals surface area contributed by atoms with Crippen molar-refractivity contribution in [3.63, 3.8) is 0 Å². The molecule has 0 saturated heterocycles. The van der Waals surface area contributed by atoms with Crippen molar-refractivity contribution in [3.8, 4) is 0 Å². The summed E-state index contributed by atoms with van der Waals surface area (Å²) in [4.78, 5) is 11.8. The van der Waals surface area contributed by atoms with Gasteiger partial charge in [-0.2, -0.15) is 5.10 Å². The quantitative estimate of drug-likeness (QED) is 0.731. The summed E-state index contributed by atoms with van der Waals surface area (Å²) in [6, 6.07) is 4.95. The van der Waals surface area contributed by atoms with Gasteiger partial charge in [-0.05, 0) is 24.6 Å². The van der Waals surface area contributed by atoms with Gasteiger partial charge in [0.1, 0.15) is 0 Å². The first-order valence-corrected chi connectivity index (χ1v) is 5.69. The van der Waals surface area contributed by atoms with Crippen LogP contribution in [0.5, 0.6) is 0 Å². The standard InChI is InChI=1S/C12H16N4O2/c1-18-5-4-10(13)12(17)15-9-2-3-11-8(6-9)7-14-16-11/h2-3,6-7,10H,4-5,13H2,1H3,(H,14,16)(H,15,17). The number of nitrogens with zero attached hydrogens (tertiary/aromatic N) is 1. The van der Waals surface area contributed by atoms with E-state index in [9.17, 15) is 4.79 Å². The Morgan fingerprint density at radius 3 is 3.22 bits per heavy atom. The zero-order valence-electron chi connectivity index (χ0n) is 10.1. The summed E-state index contributed by atoms with van der Waals surface area (Å²) in [5.74, 6) is -0.213. The summed E-state index contributed by atoms with van der Waals surface area (Å²) in [6.45, 7) is 0.468. The minimum atomic E-state index is -0.565. The largest absolute Gasteiger partial charge is 0.385 e. The lowest BCUT2D eigenvalue weighted by Gasteiger charge is -2.11. The smallest absolute Gasteiger partial charge is 0.241 e. The normalized spacial score (nSPS) is 12.6. The molecular weight excluding hydrogens is 232 g/mol. The highest BCUT2D eigenvalue weighted by molar-refractivity contribution is 5.96. The molecule has 1 aromatic heterocycles. The Hall–Kier alpha value is -1.92. The number of nitrogens with two attached hydrogens (primary N) is 1. The molecule has 0 spiro atoms. The second-order valence-electron chi connectivity index (χ2n) is 4.05. The molecule has 0 fully saturated rings. The van der Waals surface area contributed by atoms with Gasteiger partial charge in [0.2, 0.25) is 5.91 Å². The maximum atomic E-state index is 11.8. The van der Waals surface area contributed by atoms with E-state index in [1.54, 1.807) is 19.4 Å². The van der Waals surface area contributed by atoms with Crippen LogP contribution in [0.15, 0.2) is 24.4 Å². The van der Waals surface area contributed by atoms with Gasteiger partial charge < -0.3 is 15.8 Å². The first-order valence-electron chi connectivity index (χ1n) is 5.69. The van der Waals surface area contributed by atoms with Crippen LogP contribution < -0.4 is 11.1 Å². The maximum absolute atomic E-state index is 11.8. The maximum Gasteiger partial charge on any atom is 0.241 e. The molecule has 4 N–H and O–H groups in total. The van der Waals surface area contributed by atoms with Crippen molar-refractivity contribution in [2.45, 2.75) is 12.5 Å². The molecule has 0 bridgehead atoms. The van der Waals surface area contributed by atoms with Crippen LogP contribution in [0, 0.1) is 0 Å². The van der Waals surface area contributed by atoms with Crippen molar-refractivity contribution in [2.75, 3.05) is 19.0 Å². The predicted molar refractivity (Wildman–Crippen MR) is 69.2 cm³/mol. The lowest BCUT2D eigenvalue weighted by atomic mass is 10.2. The summed E-state index contributed by atoms with van der Waals surface area (Å²) >= 11 is 0. The molecule has 1 amide bonds. The zero-order valence-corrected chi connectivity index (χ0v) is 10.1. The summed E-state index contributed by atoms with van der Waals surface area (Å²) in [5, 5.41) is 10.5. The van der Waals surface area contributed by atoms with Crippen molar-refractivity contribution < 1.29 is 9.53 Å². The van der Waals surface area contributed by atoms with E-state index in [4.69, 9.17) is 10.5 Å². The number of aromatic nitrogens is 2. The van der Waals surface area contributed by atoms with E-state index < -0.39 is 6.04 Å². The van der Waals surface area contributed by atoms with Gasteiger partial charge in [-0.3, -0.25) is 9.89 Å². The fourth-order valence-corrected chi connectivity index (χ4v) is 1.63. The molecule has 2 rings (SSSR count). The molecule has 6 heteroatoms. The van der Waals surface area contributed by atoms with E-state index in [-0.39, 0.29) is 5.91 Å². The minimum absolute atomic E-state index is 0.213. The monoisotopic (exact) mass is 248 g/mol. The first kappa shape index (κ1) is 12.5. The first-order chi connectivity index (χ1) is 8.70. The third-order valence-electron chi connectivity index (χ3n) is 2.68. The van der Waals surface area contributed by atoms with Crippen molar-refractivity contribution in [2.24, 2.45) is 5.73 Å². The molecule has 1 aromatic carbocycles. The second-order valence-corrected chi connectivity index (χ2v) is 4.05. The van der Waals surface area contributed by atoms with Gasteiger partial charge in [-0.25, -0.2) is 0 Å². The number of methoxy groups -OCH3 is 1. The zero-order chi connectivity index (χ0) is 13.0. The number of hydrogen-bond acceptors (Lipinski definition) is 4. The third-order valence-corrected chi connectivity index (χ3v) is 2.68. The number of nitrogens with one attached hydrogen (secondary N) is 2. The SMILES string of the molecule is COCCC(N)C(=O)Nc1ccc2[nH]ncc2c1. The van der Waals surface area contributed by atoms with Gasteiger partial charge >= 0.3 is 0 Å². The average Bonchev–Trinajstić information content (AvgIpc) is 2.83. The Morgan fingerprint density at radius 1 is 1.61 bits per heavy atom. The molecule has 0 aliphatic heterocycles. The molecule has 2 aromatic rings. The fourth-order valence-electron chi connectivity index (χ4n) is 1.63. The van der Waals surface area contributed by atoms with E-state index >= 15 is 0 Å². The van der Waals surface area contributed by atoms with E-state index in [0.29, 0.717) is 18.7 Å². The Bertz CT molecular complexity index is 538. The molecule has 18 heavy (non-hydrogen) atoms. The van der Waals surface area contributed by atoms with Crippen LogP contribution in [0.3, 0.4) is 0 Å². The van der Waals surface area contributed by atoms with Crippen LogP contribution in [0.2, 0.25) is 0 Å². The highest BCUT2D eigenvalue weighted by atomic mass is 16.5. The highest BCUT2D eigenvalue weighted by Crippen LogP contribution is 2.16. The Labute approximate surface area is 104 Å². The molecule has 96 valence electrons. The number of carbonyl (C=O) groups is 1. The van der Waals surface area contributed by atoms with Crippen molar-refractivity contribution in [1.29, 1.82) is 0 Å². The summed E-state index contributed by atoms with van der Waals surface area (Å²) in [7, 11) is 1.58. The van der Waals surface area contributed by atoms with Crippen LogP contribution in [-0.4, -0.2) is 35.9 Å². The van der Waals surface area contributed by atoms with Gasteiger partial charge in [0.05, 0.1) is 17.8 Å². The van der Waals surface area contributed by atoms with Crippen LogP contribution in [0.4, 0.5) is 5.69 Å². The number of ether oxygens (including phenoxy) is 1. The van der Waals surface area contributed by atoms with Crippen LogP contribution >= 0.6 is 0 Å². The lowest BCUT2D eigenvalue weighted by Crippen LogP contribution is -2.36. The number of anilines is 1. The minimum Gasteiger partial charge on any atom is -0.385 e. The molecule has 1 unspecified atom stereocenters. The third kappa shape index (κ3) is 2.85. The van der Waals surface area contributed by atoms with Gasteiger partial charge in [-0.1, -0.05) is 0 Å². The van der Waals surface area contributed by atoms with Crippen molar-refractivity contribution in [3.05, 3.63) is 24.4 Å². The molecule has 0 aliphatic carbocycles. The Morgan fingerprint density at radius 2 is 2.44 bits per heavy atom. The number of rotatable bonds is 5. The molecular formula is C12H16N4O2. The molecule has 1 heterocycles. The van der Waals surface area contributed by atoms with Crippen LogP contribution in [0.25, 0.3) is 10.9 Å². The van der Waals surface area contributed by atoms with Crippen LogP contribution in [-0.2, 0) is 9.53 Å². The number of hydrogen-bond donors (Lipinski definition) is 3. The highest BCUT2D eigenvalue weighted by Gasteiger charge is 2.13. The van der Waals surface area contributed by atoms with Gasteiger partial charge in [0.15, 0.2) is 0 Å². The molecule has 1 atom stereocenters. The molecule has 0 aliphatic rings. The molecule has 0 saturated carbocycles. The van der Waals surface area contributed by atoms with E-state index in [0.717, 1.165) is 10.9 Å². The number of aromatic amines is 1. The van der Waals surface area contributed by atoms with Crippen LogP contribution in [0.1, 0.15) is 6.42 Å². The van der Waals surface area contributed by atoms with E-state index in [2.05, 4.69) is 15.5 Å². The summed E-state index contributed by atoms with van der Waals surface area (Å²) < 4.78 is 4.89. The predicted octanol–water partition coefficient (Wildman–Crippen LogP) is 0.865. The van der Waals surface area contributed by atoms with Crippen molar-refractivity contribution >= 4 is 22.5 Å². The molecule has 6 nitrogen and oxygen atoms in total. The number of benzene rings is 1. The summed E-state index contributed by atoms with van der Waals surface area (Å²) in [5.41, 5.74) is 7.37. The fraction of sp³-hybridized carbons (Fsp3) is 0.333. The second kappa shape index (κ2) is 5.61. The summed E-state index contributed by atoms with van der Waals surface area (Å²) in [6.07, 6.45) is 2.20. The number of carbonyl (C=O) groups excluding carboxylic acids is 1. The van der Waals surface area contributed by atoms with Gasteiger partial charge in [0.25, 0.3) is 0 Å². The van der Waals surface area contributed by atoms with E-state index in [1.165, 1.54) is 0 Å². The number of H-pyrrole nitrogens is 1.